The second-order valence-electron chi connectivity index (χ2n) is 4.29. The first-order valence-corrected chi connectivity index (χ1v) is 6.54. The molecule has 0 heterocycles. The lowest BCUT2D eigenvalue weighted by molar-refractivity contribution is -0.274. The summed E-state index contributed by atoms with van der Waals surface area (Å²) in [6.07, 6.45) is -4.78. The first-order valence-electron chi connectivity index (χ1n) is 6.16. The number of rotatable bonds is 3. The third-order valence-corrected chi connectivity index (χ3v) is 2.89. The summed E-state index contributed by atoms with van der Waals surface area (Å²) in [7, 11) is 0. The highest BCUT2D eigenvalue weighted by molar-refractivity contribution is 6.32. The minimum Gasteiger partial charge on any atom is -0.504 e. The fourth-order valence-corrected chi connectivity index (χ4v) is 1.82. The van der Waals surface area contributed by atoms with Gasteiger partial charge >= 0.3 is 12.4 Å². The van der Waals surface area contributed by atoms with Gasteiger partial charge in [0.05, 0.1) is 10.7 Å². The number of amides is 2. The Morgan fingerprint density at radius 1 is 1.09 bits per heavy atom. The summed E-state index contributed by atoms with van der Waals surface area (Å²) in [6, 6.07) is 8.28. The van der Waals surface area contributed by atoms with Crippen molar-refractivity contribution in [2.45, 2.75) is 6.36 Å². The second kappa shape index (κ2) is 6.66. The Labute approximate surface area is 133 Å². The lowest BCUT2D eigenvalue weighted by Gasteiger charge is -2.11. The molecule has 2 aromatic rings. The number of phenolic OH excluding ortho intramolecular Hbond substituents is 1. The van der Waals surface area contributed by atoms with Crippen LogP contribution < -0.4 is 15.4 Å². The van der Waals surface area contributed by atoms with Crippen LogP contribution in [0.5, 0.6) is 11.5 Å². The SMILES string of the molecule is O=C(Nc1ccc(OC(F)(F)F)cc1)Nc1cccc(Cl)c1O. The largest absolute Gasteiger partial charge is 0.573 e. The Morgan fingerprint density at radius 3 is 2.35 bits per heavy atom. The average Bonchev–Trinajstić information content (AvgIpc) is 2.44. The number of carbonyl (C=O) groups excluding carboxylic acids is 1. The fourth-order valence-electron chi connectivity index (χ4n) is 1.64. The number of halogens is 4. The predicted molar refractivity (Wildman–Crippen MR) is 78.9 cm³/mol. The number of hydrogen-bond acceptors (Lipinski definition) is 3. The Hall–Kier alpha value is -2.61. The number of aromatic hydroxyl groups is 1. The lowest BCUT2D eigenvalue weighted by atomic mass is 10.3. The Morgan fingerprint density at radius 2 is 1.74 bits per heavy atom. The first kappa shape index (κ1) is 16.8. The normalized spacial score (nSPS) is 11.0. The van der Waals surface area contributed by atoms with E-state index < -0.39 is 18.1 Å². The summed E-state index contributed by atoms with van der Waals surface area (Å²) < 4.78 is 39.8. The molecule has 5 nitrogen and oxygen atoms in total. The van der Waals surface area contributed by atoms with Crippen LogP contribution in [0.1, 0.15) is 0 Å². The molecule has 0 saturated heterocycles. The molecule has 0 spiro atoms. The van der Waals surface area contributed by atoms with E-state index in [0.29, 0.717) is 0 Å². The maximum absolute atomic E-state index is 12.0. The highest BCUT2D eigenvalue weighted by atomic mass is 35.5. The molecule has 0 atom stereocenters. The monoisotopic (exact) mass is 346 g/mol. The van der Waals surface area contributed by atoms with Crippen LogP contribution >= 0.6 is 11.6 Å². The molecule has 9 heteroatoms. The maximum atomic E-state index is 12.0. The van der Waals surface area contributed by atoms with Gasteiger partial charge in [0, 0.05) is 5.69 Å². The van der Waals surface area contributed by atoms with Crippen LogP contribution in [0.15, 0.2) is 42.5 Å². The van der Waals surface area contributed by atoms with Gasteiger partial charge in [-0.2, -0.15) is 0 Å². The Kier molecular flexibility index (Phi) is 4.85. The van der Waals surface area contributed by atoms with Crippen molar-refractivity contribution in [3.63, 3.8) is 0 Å². The molecule has 23 heavy (non-hydrogen) atoms. The summed E-state index contributed by atoms with van der Waals surface area (Å²) >= 11 is 5.70. The molecule has 0 aliphatic heterocycles. The molecular weight excluding hydrogens is 337 g/mol. The first-order chi connectivity index (χ1) is 10.7. The summed E-state index contributed by atoms with van der Waals surface area (Å²) in [5, 5.41) is 14.5. The van der Waals surface area contributed by atoms with Crippen LogP contribution in [0, 0.1) is 0 Å². The number of benzene rings is 2. The zero-order valence-corrected chi connectivity index (χ0v) is 12.1. The number of carbonyl (C=O) groups is 1. The second-order valence-corrected chi connectivity index (χ2v) is 4.69. The smallest absolute Gasteiger partial charge is 0.504 e. The van der Waals surface area contributed by atoms with E-state index in [1.807, 2.05) is 0 Å². The van der Waals surface area contributed by atoms with Crippen molar-refractivity contribution >= 4 is 29.0 Å². The Bertz CT molecular complexity index is 705. The third kappa shape index (κ3) is 4.96. The average molecular weight is 347 g/mol. The highest BCUT2D eigenvalue weighted by Crippen LogP contribution is 2.31. The van der Waals surface area contributed by atoms with E-state index >= 15 is 0 Å². The van der Waals surface area contributed by atoms with Gasteiger partial charge in [0.25, 0.3) is 0 Å². The van der Waals surface area contributed by atoms with Crippen LogP contribution in [-0.2, 0) is 0 Å². The van der Waals surface area contributed by atoms with E-state index in [-0.39, 0.29) is 22.1 Å². The molecule has 3 N–H and O–H groups in total. The summed E-state index contributed by atoms with van der Waals surface area (Å²) in [5.41, 5.74) is 0.325. The number of hydrogen-bond donors (Lipinski definition) is 3. The number of anilines is 2. The summed E-state index contributed by atoms with van der Waals surface area (Å²) in [5.74, 6) is -0.700. The van der Waals surface area contributed by atoms with E-state index in [1.54, 1.807) is 0 Å². The number of phenols is 1. The quantitative estimate of drug-likeness (QED) is 0.712. The van der Waals surface area contributed by atoms with Gasteiger partial charge in [0.15, 0.2) is 5.75 Å². The molecule has 2 rings (SSSR count). The van der Waals surface area contributed by atoms with Crippen molar-refractivity contribution in [1.29, 1.82) is 0 Å². The van der Waals surface area contributed by atoms with Gasteiger partial charge in [0.2, 0.25) is 0 Å². The van der Waals surface area contributed by atoms with Crippen molar-refractivity contribution in [3.8, 4) is 11.5 Å². The van der Waals surface area contributed by atoms with Gasteiger partial charge in [-0.1, -0.05) is 17.7 Å². The van der Waals surface area contributed by atoms with Crippen LogP contribution in [-0.4, -0.2) is 17.5 Å². The minimum atomic E-state index is -4.78. The van der Waals surface area contributed by atoms with E-state index in [9.17, 15) is 23.1 Å². The van der Waals surface area contributed by atoms with E-state index in [2.05, 4.69) is 15.4 Å². The number of urea groups is 1. The molecule has 122 valence electrons. The van der Waals surface area contributed by atoms with Gasteiger partial charge < -0.3 is 20.5 Å². The van der Waals surface area contributed by atoms with Crippen LogP contribution in [0.2, 0.25) is 5.02 Å². The lowest BCUT2D eigenvalue weighted by Crippen LogP contribution is -2.19. The standard InChI is InChI=1S/C14H10ClF3N2O3/c15-10-2-1-3-11(12(10)21)20-13(22)19-8-4-6-9(7-5-8)23-14(16,17)18/h1-7,21H,(H2,19,20,22). The van der Waals surface area contributed by atoms with E-state index in [0.717, 1.165) is 12.1 Å². The molecule has 0 bridgehead atoms. The number of para-hydroxylation sites is 1. The molecule has 2 amide bonds. The number of ether oxygens (including phenoxy) is 1. The molecular formula is C14H10ClF3N2O3. The van der Waals surface area contributed by atoms with Crippen LogP contribution in [0.25, 0.3) is 0 Å². The molecule has 0 saturated carbocycles. The molecule has 0 aliphatic rings. The van der Waals surface area contributed by atoms with Gasteiger partial charge in [-0.05, 0) is 36.4 Å². The Balaban J connectivity index is 1.99. The van der Waals surface area contributed by atoms with Crippen LogP contribution in [0.4, 0.5) is 29.3 Å². The zero-order valence-electron chi connectivity index (χ0n) is 11.3. The maximum Gasteiger partial charge on any atom is 0.573 e. The van der Waals surface area contributed by atoms with E-state index in [4.69, 9.17) is 11.6 Å². The van der Waals surface area contributed by atoms with Gasteiger partial charge in [0.1, 0.15) is 5.75 Å². The molecule has 0 fully saturated rings. The predicted octanol–water partition coefficient (Wildman–Crippen LogP) is 4.59. The fraction of sp³-hybridized carbons (Fsp3) is 0.0714. The van der Waals surface area contributed by atoms with E-state index in [1.165, 1.54) is 30.3 Å². The van der Waals surface area contributed by atoms with Crippen molar-refractivity contribution in [3.05, 3.63) is 47.5 Å². The van der Waals surface area contributed by atoms with Crippen LogP contribution in [0.3, 0.4) is 0 Å². The van der Waals surface area contributed by atoms with Gasteiger partial charge in [-0.25, -0.2) is 4.79 Å². The molecule has 0 unspecified atom stereocenters. The molecule has 0 aromatic heterocycles. The highest BCUT2D eigenvalue weighted by Gasteiger charge is 2.30. The van der Waals surface area contributed by atoms with Crippen molar-refractivity contribution in [2.24, 2.45) is 0 Å². The molecule has 2 aromatic carbocycles. The topological polar surface area (TPSA) is 70.6 Å². The van der Waals surface area contributed by atoms with Crippen molar-refractivity contribution < 1.29 is 27.8 Å². The molecule has 0 radical (unpaired) electrons. The number of alkyl halides is 3. The zero-order chi connectivity index (χ0) is 17.0. The molecule has 0 aliphatic carbocycles. The minimum absolute atomic E-state index is 0.0662. The van der Waals surface area contributed by atoms with Crippen molar-refractivity contribution in [1.82, 2.24) is 0 Å². The van der Waals surface area contributed by atoms with Crippen molar-refractivity contribution in [2.75, 3.05) is 10.6 Å². The summed E-state index contributed by atoms with van der Waals surface area (Å²) in [4.78, 5) is 11.8. The summed E-state index contributed by atoms with van der Waals surface area (Å²) in [6.45, 7) is 0. The third-order valence-electron chi connectivity index (χ3n) is 2.58. The van der Waals surface area contributed by atoms with Gasteiger partial charge in [-0.15, -0.1) is 13.2 Å². The van der Waals surface area contributed by atoms with Gasteiger partial charge in [-0.3, -0.25) is 0 Å². The number of nitrogens with one attached hydrogen (secondary N) is 2.